The van der Waals surface area contributed by atoms with Crippen molar-refractivity contribution in [2.24, 2.45) is 0 Å². The van der Waals surface area contributed by atoms with E-state index < -0.39 is 0 Å². The van der Waals surface area contributed by atoms with Gasteiger partial charge in [0.25, 0.3) is 5.91 Å². The molecule has 1 aromatic heterocycles. The molecule has 2 rings (SSSR count). The Balaban J connectivity index is 2.41. The van der Waals surface area contributed by atoms with Crippen LogP contribution in [0, 0.1) is 11.3 Å². The van der Waals surface area contributed by atoms with Gasteiger partial charge in [-0.3, -0.25) is 9.78 Å². The average molecular weight is 267 g/mol. The third kappa shape index (κ3) is 2.77. The van der Waals surface area contributed by atoms with Gasteiger partial charge >= 0.3 is 0 Å². The van der Waals surface area contributed by atoms with Crippen molar-refractivity contribution in [3.63, 3.8) is 0 Å². The average Bonchev–Trinajstić information content (AvgIpc) is 2.46. The second-order valence-electron chi connectivity index (χ2n) is 4.88. The van der Waals surface area contributed by atoms with Crippen LogP contribution in [0.2, 0.25) is 0 Å². The fourth-order valence-corrected chi connectivity index (χ4v) is 2.20. The maximum absolute atomic E-state index is 12.7. The summed E-state index contributed by atoms with van der Waals surface area (Å²) in [6, 6.07) is 11.5. The summed E-state index contributed by atoms with van der Waals surface area (Å²) in [7, 11) is 0. The molecule has 0 bridgehead atoms. The normalized spacial score (nSPS) is 10.5. The minimum atomic E-state index is -0.0474. The lowest BCUT2D eigenvalue weighted by atomic mass is 10.1. The number of amides is 1. The van der Waals surface area contributed by atoms with Gasteiger partial charge in [0.15, 0.2) is 0 Å². The summed E-state index contributed by atoms with van der Waals surface area (Å²) in [5, 5.41) is 9.57. The largest absolute Gasteiger partial charge is 0.335 e. The first-order chi connectivity index (χ1) is 9.65. The molecule has 0 aliphatic heterocycles. The molecule has 0 aliphatic carbocycles. The molecule has 0 unspecified atom stereocenters. The predicted octanol–water partition coefficient (Wildman–Crippen LogP) is 3.00. The highest BCUT2D eigenvalue weighted by Crippen LogP contribution is 2.19. The zero-order valence-electron chi connectivity index (χ0n) is 11.7. The molecule has 0 saturated carbocycles. The molecule has 0 saturated heterocycles. The number of pyridine rings is 1. The molecule has 2 aromatic rings. The smallest absolute Gasteiger partial charge is 0.254 e. The molecule has 1 heterocycles. The van der Waals surface area contributed by atoms with Gasteiger partial charge in [-0.2, -0.15) is 5.26 Å². The maximum Gasteiger partial charge on any atom is 0.254 e. The van der Waals surface area contributed by atoms with Crippen molar-refractivity contribution >= 4 is 16.8 Å². The second-order valence-corrected chi connectivity index (χ2v) is 4.88. The van der Waals surface area contributed by atoms with E-state index in [0.29, 0.717) is 18.5 Å². The van der Waals surface area contributed by atoms with Crippen molar-refractivity contribution in [3.8, 4) is 6.07 Å². The summed E-state index contributed by atoms with van der Waals surface area (Å²) in [5.41, 5.74) is 1.45. The van der Waals surface area contributed by atoms with Gasteiger partial charge in [0.1, 0.15) is 0 Å². The van der Waals surface area contributed by atoms with E-state index >= 15 is 0 Å². The van der Waals surface area contributed by atoms with Gasteiger partial charge in [-0.1, -0.05) is 18.2 Å². The summed E-state index contributed by atoms with van der Waals surface area (Å²) < 4.78 is 0. The molecule has 0 aliphatic rings. The van der Waals surface area contributed by atoms with Crippen LogP contribution >= 0.6 is 0 Å². The van der Waals surface area contributed by atoms with Crippen molar-refractivity contribution in [2.75, 3.05) is 6.54 Å². The molecular weight excluding hydrogens is 250 g/mol. The van der Waals surface area contributed by atoms with E-state index in [4.69, 9.17) is 5.26 Å². The van der Waals surface area contributed by atoms with Crippen LogP contribution in [-0.4, -0.2) is 28.4 Å². The van der Waals surface area contributed by atoms with E-state index in [-0.39, 0.29) is 11.9 Å². The van der Waals surface area contributed by atoms with Gasteiger partial charge < -0.3 is 4.90 Å². The second kappa shape index (κ2) is 6.16. The van der Waals surface area contributed by atoms with E-state index in [1.807, 2.05) is 38.1 Å². The summed E-state index contributed by atoms with van der Waals surface area (Å²) in [6.45, 7) is 4.36. The molecule has 4 heteroatoms. The van der Waals surface area contributed by atoms with E-state index in [9.17, 15) is 4.79 Å². The SMILES string of the molecule is CC(C)N(CCC#N)C(=O)c1ccnc2ccccc12. The number of benzene rings is 1. The lowest BCUT2D eigenvalue weighted by Gasteiger charge is -2.26. The Labute approximate surface area is 118 Å². The van der Waals surface area contributed by atoms with Gasteiger partial charge in [0.05, 0.1) is 23.6 Å². The summed E-state index contributed by atoms with van der Waals surface area (Å²) in [6.07, 6.45) is 1.99. The molecule has 1 aromatic carbocycles. The van der Waals surface area contributed by atoms with Crippen molar-refractivity contribution in [3.05, 3.63) is 42.1 Å². The van der Waals surface area contributed by atoms with Crippen LogP contribution in [0.4, 0.5) is 0 Å². The van der Waals surface area contributed by atoms with Crippen molar-refractivity contribution in [1.82, 2.24) is 9.88 Å². The topological polar surface area (TPSA) is 57.0 Å². The first kappa shape index (κ1) is 14.0. The molecule has 0 spiro atoms. The van der Waals surface area contributed by atoms with Crippen molar-refractivity contribution < 1.29 is 4.79 Å². The molecule has 1 amide bonds. The zero-order chi connectivity index (χ0) is 14.5. The van der Waals surface area contributed by atoms with E-state index in [1.54, 1.807) is 17.2 Å². The van der Waals surface area contributed by atoms with Crippen LogP contribution in [0.5, 0.6) is 0 Å². The zero-order valence-corrected chi connectivity index (χ0v) is 11.7. The summed E-state index contributed by atoms with van der Waals surface area (Å²) >= 11 is 0. The van der Waals surface area contributed by atoms with Gasteiger partial charge in [0, 0.05) is 24.2 Å². The van der Waals surface area contributed by atoms with Gasteiger partial charge in [-0.25, -0.2) is 0 Å². The number of nitriles is 1. The molecule has 0 atom stereocenters. The monoisotopic (exact) mass is 267 g/mol. The predicted molar refractivity (Wildman–Crippen MR) is 78.1 cm³/mol. The quantitative estimate of drug-likeness (QED) is 0.855. The number of hydrogen-bond donors (Lipinski definition) is 0. The van der Waals surface area contributed by atoms with Crippen LogP contribution in [0.25, 0.3) is 10.9 Å². The first-order valence-corrected chi connectivity index (χ1v) is 6.67. The lowest BCUT2D eigenvalue weighted by molar-refractivity contribution is 0.0712. The van der Waals surface area contributed by atoms with Gasteiger partial charge in [0.2, 0.25) is 0 Å². The van der Waals surface area contributed by atoms with Crippen molar-refractivity contribution in [2.45, 2.75) is 26.3 Å². The van der Waals surface area contributed by atoms with Crippen LogP contribution in [0.1, 0.15) is 30.6 Å². The van der Waals surface area contributed by atoms with E-state index in [1.165, 1.54) is 0 Å². The molecule has 4 nitrogen and oxygen atoms in total. The molecule has 0 radical (unpaired) electrons. The fourth-order valence-electron chi connectivity index (χ4n) is 2.20. The van der Waals surface area contributed by atoms with Crippen molar-refractivity contribution in [1.29, 1.82) is 5.26 Å². The van der Waals surface area contributed by atoms with Gasteiger partial charge in [-0.05, 0) is 26.0 Å². The Morgan fingerprint density at radius 3 is 2.80 bits per heavy atom. The standard InChI is InChI=1S/C16H17N3O/c1-12(2)19(11-5-9-17)16(20)14-8-10-18-15-7-4-3-6-13(14)15/h3-4,6-8,10,12H,5,11H2,1-2H3. The van der Waals surface area contributed by atoms with E-state index in [2.05, 4.69) is 11.1 Å². The number of para-hydroxylation sites is 1. The van der Waals surface area contributed by atoms with E-state index in [0.717, 1.165) is 10.9 Å². The minimum Gasteiger partial charge on any atom is -0.335 e. The third-order valence-corrected chi connectivity index (χ3v) is 3.23. The molecular formula is C16H17N3O. The molecule has 0 N–H and O–H groups in total. The highest BCUT2D eigenvalue weighted by atomic mass is 16.2. The Kier molecular flexibility index (Phi) is 4.31. The van der Waals surface area contributed by atoms with Crippen LogP contribution in [-0.2, 0) is 0 Å². The Morgan fingerprint density at radius 1 is 1.35 bits per heavy atom. The third-order valence-electron chi connectivity index (χ3n) is 3.23. The number of rotatable bonds is 4. The molecule has 0 fully saturated rings. The molecule has 20 heavy (non-hydrogen) atoms. The summed E-state index contributed by atoms with van der Waals surface area (Å²) in [5.74, 6) is -0.0474. The Bertz CT molecular complexity index is 653. The number of carbonyl (C=O) groups excluding carboxylic acids is 1. The summed E-state index contributed by atoms with van der Waals surface area (Å²) in [4.78, 5) is 18.7. The number of fused-ring (bicyclic) bond motifs is 1. The number of carbonyl (C=O) groups is 1. The Morgan fingerprint density at radius 2 is 2.10 bits per heavy atom. The van der Waals surface area contributed by atoms with Crippen LogP contribution in [0.15, 0.2) is 36.5 Å². The van der Waals surface area contributed by atoms with Gasteiger partial charge in [-0.15, -0.1) is 0 Å². The fraction of sp³-hybridized carbons (Fsp3) is 0.312. The highest BCUT2D eigenvalue weighted by molar-refractivity contribution is 6.06. The number of aromatic nitrogens is 1. The Hall–Kier alpha value is -2.41. The first-order valence-electron chi connectivity index (χ1n) is 6.67. The minimum absolute atomic E-state index is 0.0474. The number of hydrogen-bond acceptors (Lipinski definition) is 3. The maximum atomic E-state index is 12.7. The van der Waals surface area contributed by atoms with Crippen LogP contribution < -0.4 is 0 Å². The lowest BCUT2D eigenvalue weighted by Crippen LogP contribution is -2.37. The number of nitrogens with zero attached hydrogens (tertiary/aromatic N) is 3. The highest BCUT2D eigenvalue weighted by Gasteiger charge is 2.20. The molecule has 102 valence electrons. The van der Waals surface area contributed by atoms with Crippen LogP contribution in [0.3, 0.4) is 0 Å².